The highest BCUT2D eigenvalue weighted by Crippen LogP contribution is 2.44. The summed E-state index contributed by atoms with van der Waals surface area (Å²) in [6.07, 6.45) is 9.95. The molecule has 5 rings (SSSR count). The van der Waals surface area contributed by atoms with E-state index in [0.29, 0.717) is 11.5 Å². The lowest BCUT2D eigenvalue weighted by atomic mass is 9.78. The first kappa shape index (κ1) is 26.8. The van der Waals surface area contributed by atoms with E-state index >= 15 is 0 Å². The largest absolute Gasteiger partial charge is 0.487 e. The number of carbonyl (C=O) groups excluding carboxylic acids is 1. The minimum atomic E-state index is -0.915. The van der Waals surface area contributed by atoms with E-state index < -0.39 is 5.97 Å². The van der Waals surface area contributed by atoms with Gasteiger partial charge in [-0.3, -0.25) is 14.3 Å². The number of aryl methyl sites for hydroxylation is 1. The predicted octanol–water partition coefficient (Wildman–Crippen LogP) is 5.56. The average molecular weight is 531 g/mol. The first-order valence-corrected chi connectivity index (χ1v) is 13.9. The molecule has 0 saturated heterocycles. The van der Waals surface area contributed by atoms with Gasteiger partial charge in [-0.15, -0.1) is 0 Å². The molecular weight excluding hydrogens is 492 g/mol. The van der Waals surface area contributed by atoms with Crippen LogP contribution < -0.4 is 10.1 Å². The number of ether oxygens (including phenoxy) is 1. The van der Waals surface area contributed by atoms with Crippen LogP contribution in [-0.4, -0.2) is 57.4 Å². The standard InChI is InChI=1S/C31H38N4O4/c1-20-26-17-23(24-18-32-35(3)19-24)11-14-27(26)39-30(20)29(21-7-5-4-6-8-21)33-25-12-9-22(10-13-25)31(38)34(2)16-15-28(36)37/h9-14,17-21,29-30,33H,4-8,15-16H2,1-3H3,(H,36,37). The Morgan fingerprint density at radius 2 is 1.87 bits per heavy atom. The summed E-state index contributed by atoms with van der Waals surface area (Å²) in [5.41, 5.74) is 4.98. The van der Waals surface area contributed by atoms with Crippen LogP contribution in [0.1, 0.15) is 67.3 Å². The van der Waals surface area contributed by atoms with E-state index in [-0.39, 0.29) is 36.9 Å². The van der Waals surface area contributed by atoms with Crippen LogP contribution in [0.5, 0.6) is 5.75 Å². The van der Waals surface area contributed by atoms with E-state index in [1.807, 2.05) is 48.4 Å². The molecule has 1 fully saturated rings. The van der Waals surface area contributed by atoms with Crippen LogP contribution in [0.15, 0.2) is 54.9 Å². The molecule has 1 aliphatic heterocycles. The summed E-state index contributed by atoms with van der Waals surface area (Å²) in [7, 11) is 3.56. The second-order valence-corrected chi connectivity index (χ2v) is 11.0. The normalized spacial score (nSPS) is 19.7. The van der Waals surface area contributed by atoms with Gasteiger partial charge < -0.3 is 20.1 Å². The summed E-state index contributed by atoms with van der Waals surface area (Å²) in [6.45, 7) is 2.44. The summed E-state index contributed by atoms with van der Waals surface area (Å²) >= 11 is 0. The van der Waals surface area contributed by atoms with Crippen LogP contribution in [0, 0.1) is 5.92 Å². The van der Waals surface area contributed by atoms with Gasteiger partial charge in [-0.05, 0) is 60.7 Å². The van der Waals surface area contributed by atoms with E-state index in [4.69, 9.17) is 9.84 Å². The summed E-state index contributed by atoms with van der Waals surface area (Å²) in [6, 6.07) is 14.1. The van der Waals surface area contributed by atoms with Gasteiger partial charge in [0.1, 0.15) is 11.9 Å². The molecule has 3 atom stereocenters. The lowest BCUT2D eigenvalue weighted by Gasteiger charge is -2.36. The van der Waals surface area contributed by atoms with Crippen molar-refractivity contribution in [1.82, 2.24) is 14.7 Å². The van der Waals surface area contributed by atoms with E-state index in [1.165, 1.54) is 42.6 Å². The van der Waals surface area contributed by atoms with E-state index in [1.54, 1.807) is 7.05 Å². The third kappa shape index (κ3) is 5.95. The van der Waals surface area contributed by atoms with Crippen LogP contribution in [-0.2, 0) is 11.8 Å². The molecule has 2 aromatic carbocycles. The van der Waals surface area contributed by atoms with Crippen LogP contribution in [0.3, 0.4) is 0 Å². The fourth-order valence-corrected chi connectivity index (χ4v) is 6.02. The zero-order chi connectivity index (χ0) is 27.5. The maximum absolute atomic E-state index is 12.7. The Bertz CT molecular complexity index is 1310. The van der Waals surface area contributed by atoms with Gasteiger partial charge in [-0.1, -0.05) is 32.3 Å². The predicted molar refractivity (Wildman–Crippen MR) is 151 cm³/mol. The summed E-state index contributed by atoms with van der Waals surface area (Å²) in [5.74, 6) is 0.579. The molecule has 39 heavy (non-hydrogen) atoms. The van der Waals surface area contributed by atoms with E-state index in [2.05, 4.69) is 35.5 Å². The Hall–Kier alpha value is -3.81. The lowest BCUT2D eigenvalue weighted by molar-refractivity contribution is -0.137. The summed E-state index contributed by atoms with van der Waals surface area (Å²) in [5, 5.41) is 17.0. The van der Waals surface area contributed by atoms with Gasteiger partial charge in [0.15, 0.2) is 0 Å². The number of carbonyl (C=O) groups is 2. The zero-order valence-electron chi connectivity index (χ0n) is 23.0. The maximum Gasteiger partial charge on any atom is 0.305 e. The van der Waals surface area contributed by atoms with Crippen molar-refractivity contribution in [2.24, 2.45) is 13.0 Å². The van der Waals surface area contributed by atoms with Gasteiger partial charge >= 0.3 is 5.97 Å². The number of aliphatic carboxylic acids is 1. The van der Waals surface area contributed by atoms with Crippen molar-refractivity contribution in [2.75, 3.05) is 18.9 Å². The Balaban J connectivity index is 1.34. The minimum Gasteiger partial charge on any atom is -0.487 e. The van der Waals surface area contributed by atoms with Crippen molar-refractivity contribution >= 4 is 17.6 Å². The first-order chi connectivity index (χ1) is 18.8. The van der Waals surface area contributed by atoms with Crippen LogP contribution in [0.4, 0.5) is 5.69 Å². The molecule has 3 unspecified atom stereocenters. The van der Waals surface area contributed by atoms with E-state index in [9.17, 15) is 9.59 Å². The van der Waals surface area contributed by atoms with Gasteiger partial charge in [0.25, 0.3) is 5.91 Å². The molecule has 206 valence electrons. The number of fused-ring (bicyclic) bond motifs is 1. The molecule has 0 spiro atoms. The zero-order valence-corrected chi connectivity index (χ0v) is 23.0. The highest BCUT2D eigenvalue weighted by molar-refractivity contribution is 5.94. The minimum absolute atomic E-state index is 0.00397. The molecule has 1 saturated carbocycles. The number of nitrogens with one attached hydrogen (secondary N) is 1. The Kier molecular flexibility index (Phi) is 7.91. The molecule has 8 heteroatoms. The Morgan fingerprint density at radius 3 is 2.54 bits per heavy atom. The van der Waals surface area contributed by atoms with Gasteiger partial charge in [0.05, 0.1) is 18.7 Å². The lowest BCUT2D eigenvalue weighted by Crippen LogP contribution is -2.44. The number of carboxylic acids is 1. The molecule has 0 radical (unpaired) electrons. The second-order valence-electron chi connectivity index (χ2n) is 11.0. The number of hydrogen-bond acceptors (Lipinski definition) is 5. The molecule has 8 nitrogen and oxygen atoms in total. The Labute approximate surface area is 230 Å². The maximum atomic E-state index is 12.7. The van der Waals surface area contributed by atoms with Gasteiger partial charge in [-0.25, -0.2) is 0 Å². The SMILES string of the molecule is CC1c2cc(-c3cnn(C)c3)ccc2OC1C(Nc1ccc(C(=O)N(C)CCC(=O)O)cc1)C1CCCCC1. The highest BCUT2D eigenvalue weighted by Gasteiger charge is 2.41. The number of hydrogen-bond donors (Lipinski definition) is 2. The third-order valence-electron chi connectivity index (χ3n) is 8.28. The quantitative estimate of drug-likeness (QED) is 0.376. The molecule has 2 aliphatic rings. The molecule has 1 aromatic heterocycles. The smallest absolute Gasteiger partial charge is 0.305 e. The average Bonchev–Trinajstić information content (AvgIpc) is 3.53. The topological polar surface area (TPSA) is 96.7 Å². The molecule has 2 heterocycles. The summed E-state index contributed by atoms with van der Waals surface area (Å²) < 4.78 is 8.47. The summed E-state index contributed by atoms with van der Waals surface area (Å²) in [4.78, 5) is 25.1. The number of benzene rings is 2. The molecule has 1 aliphatic carbocycles. The highest BCUT2D eigenvalue weighted by atomic mass is 16.5. The number of carboxylic acid groups (broad SMARTS) is 1. The van der Waals surface area contributed by atoms with Gasteiger partial charge in [0.2, 0.25) is 0 Å². The molecular formula is C31H38N4O4. The van der Waals surface area contributed by atoms with Crippen molar-refractivity contribution < 1.29 is 19.4 Å². The molecule has 0 bridgehead atoms. The molecule has 1 amide bonds. The molecule has 3 aromatic rings. The van der Waals surface area contributed by atoms with E-state index in [0.717, 1.165) is 22.6 Å². The number of amides is 1. The van der Waals surface area contributed by atoms with Crippen molar-refractivity contribution in [2.45, 2.75) is 63.5 Å². The van der Waals surface area contributed by atoms with Crippen LogP contribution >= 0.6 is 0 Å². The number of aromatic nitrogens is 2. The monoisotopic (exact) mass is 530 g/mol. The Morgan fingerprint density at radius 1 is 1.13 bits per heavy atom. The van der Waals surface area contributed by atoms with Crippen molar-refractivity contribution in [1.29, 1.82) is 0 Å². The van der Waals surface area contributed by atoms with Crippen LogP contribution in [0.25, 0.3) is 11.1 Å². The fraction of sp³-hybridized carbons (Fsp3) is 0.452. The number of nitrogens with zero attached hydrogens (tertiary/aromatic N) is 3. The van der Waals surface area contributed by atoms with Gasteiger partial charge in [0, 0.05) is 55.1 Å². The first-order valence-electron chi connectivity index (χ1n) is 13.9. The number of rotatable bonds is 9. The van der Waals surface area contributed by atoms with Gasteiger partial charge in [-0.2, -0.15) is 5.10 Å². The number of anilines is 1. The van der Waals surface area contributed by atoms with Crippen molar-refractivity contribution in [3.8, 4) is 16.9 Å². The molecule has 2 N–H and O–H groups in total. The fourth-order valence-electron chi connectivity index (χ4n) is 6.02. The third-order valence-corrected chi connectivity index (χ3v) is 8.28. The van der Waals surface area contributed by atoms with Crippen molar-refractivity contribution in [3.05, 3.63) is 66.0 Å². The second kappa shape index (κ2) is 11.5. The van der Waals surface area contributed by atoms with Crippen LogP contribution in [0.2, 0.25) is 0 Å². The van der Waals surface area contributed by atoms with Crippen molar-refractivity contribution in [3.63, 3.8) is 0 Å².